The van der Waals surface area contributed by atoms with Crippen molar-refractivity contribution in [3.63, 3.8) is 0 Å². The Balaban J connectivity index is 1.56. The number of nitrogens with zero attached hydrogens (tertiary/aromatic N) is 4. The molecule has 122 valence electrons. The highest BCUT2D eigenvalue weighted by Crippen LogP contribution is 2.32. The first-order valence-corrected chi connectivity index (χ1v) is 7.77. The van der Waals surface area contributed by atoms with E-state index in [1.165, 1.54) is 5.56 Å². The Morgan fingerprint density at radius 1 is 1.39 bits per heavy atom. The van der Waals surface area contributed by atoms with Gasteiger partial charge in [-0.25, -0.2) is 4.98 Å². The van der Waals surface area contributed by atoms with Crippen molar-refractivity contribution in [3.05, 3.63) is 42.0 Å². The Kier molecular flexibility index (Phi) is 4.75. The van der Waals surface area contributed by atoms with Crippen LogP contribution in [0.25, 0.3) is 0 Å². The number of hydrogen-bond donors (Lipinski definition) is 2. The van der Waals surface area contributed by atoms with Gasteiger partial charge in [0.05, 0.1) is 13.2 Å². The molecule has 1 aliphatic heterocycles. The molecule has 23 heavy (non-hydrogen) atoms. The van der Waals surface area contributed by atoms with Crippen LogP contribution in [0.1, 0.15) is 23.7 Å². The zero-order chi connectivity index (χ0) is 16.1. The number of ether oxygens (including phenoxy) is 1. The minimum absolute atomic E-state index is 0.424. The van der Waals surface area contributed by atoms with Crippen LogP contribution in [-0.4, -0.2) is 40.9 Å². The molecular formula is C16H22N6O. The number of aliphatic imine (C=N–C) groups is 1. The van der Waals surface area contributed by atoms with Crippen LogP contribution in [0.4, 0.5) is 0 Å². The maximum atomic E-state index is 5.70. The largest absolute Gasteiger partial charge is 0.493 e. The van der Waals surface area contributed by atoms with E-state index in [-0.39, 0.29) is 0 Å². The topological polar surface area (TPSA) is 76.4 Å². The van der Waals surface area contributed by atoms with Gasteiger partial charge in [0.2, 0.25) is 0 Å². The average molecular weight is 314 g/mol. The van der Waals surface area contributed by atoms with Crippen molar-refractivity contribution >= 4 is 5.96 Å². The Hall–Kier alpha value is -2.57. The summed E-state index contributed by atoms with van der Waals surface area (Å²) >= 11 is 0. The van der Waals surface area contributed by atoms with Crippen LogP contribution in [-0.2, 0) is 13.6 Å². The molecule has 1 aliphatic rings. The minimum atomic E-state index is 0.424. The van der Waals surface area contributed by atoms with Crippen molar-refractivity contribution in [3.8, 4) is 5.75 Å². The highest BCUT2D eigenvalue weighted by molar-refractivity contribution is 5.79. The molecule has 0 saturated carbocycles. The molecule has 7 nitrogen and oxygen atoms in total. The van der Waals surface area contributed by atoms with Crippen LogP contribution in [0.3, 0.4) is 0 Å². The number of nitrogens with one attached hydrogen (secondary N) is 2. The number of rotatable bonds is 4. The van der Waals surface area contributed by atoms with Crippen molar-refractivity contribution < 1.29 is 4.74 Å². The second-order valence-corrected chi connectivity index (χ2v) is 5.48. The summed E-state index contributed by atoms with van der Waals surface area (Å²) in [6.45, 7) is 2.16. The second kappa shape index (κ2) is 7.13. The molecule has 3 rings (SSSR count). The predicted molar refractivity (Wildman–Crippen MR) is 88.5 cm³/mol. The van der Waals surface area contributed by atoms with Gasteiger partial charge in [-0.3, -0.25) is 9.67 Å². The molecule has 0 amide bonds. The standard InChI is InChI=1S/C16H22N6O/c1-17-16(19-10-15-20-11-21-22(15)2)18-9-12-7-8-23-14-6-4-3-5-13(12)14/h3-6,11-12H,7-10H2,1-2H3,(H2,17,18,19). The van der Waals surface area contributed by atoms with Gasteiger partial charge in [0.15, 0.2) is 5.96 Å². The van der Waals surface area contributed by atoms with Crippen LogP contribution in [0.15, 0.2) is 35.6 Å². The molecule has 0 spiro atoms. The average Bonchev–Trinajstić information content (AvgIpc) is 3.00. The van der Waals surface area contributed by atoms with E-state index < -0.39 is 0 Å². The number of benzene rings is 1. The van der Waals surface area contributed by atoms with Crippen LogP contribution in [0.2, 0.25) is 0 Å². The van der Waals surface area contributed by atoms with E-state index in [0.717, 1.165) is 37.1 Å². The van der Waals surface area contributed by atoms with Crippen LogP contribution < -0.4 is 15.4 Å². The molecule has 1 atom stereocenters. The SMILES string of the molecule is CN=C(NCc1ncnn1C)NCC1CCOc2ccccc21. The quantitative estimate of drug-likeness (QED) is 0.651. The molecule has 2 aromatic rings. The van der Waals surface area contributed by atoms with Gasteiger partial charge < -0.3 is 15.4 Å². The molecule has 2 heterocycles. The molecule has 0 aliphatic carbocycles. The first-order valence-electron chi connectivity index (χ1n) is 7.77. The zero-order valence-corrected chi connectivity index (χ0v) is 13.5. The molecule has 1 aromatic carbocycles. The molecule has 1 aromatic heterocycles. The first-order chi connectivity index (χ1) is 11.3. The van der Waals surface area contributed by atoms with E-state index >= 15 is 0 Å². The fraction of sp³-hybridized carbons (Fsp3) is 0.438. The maximum absolute atomic E-state index is 5.70. The van der Waals surface area contributed by atoms with Crippen molar-refractivity contribution in [2.75, 3.05) is 20.2 Å². The van der Waals surface area contributed by atoms with E-state index in [4.69, 9.17) is 4.74 Å². The summed E-state index contributed by atoms with van der Waals surface area (Å²) in [5, 5.41) is 10.7. The lowest BCUT2D eigenvalue weighted by molar-refractivity contribution is 0.267. The maximum Gasteiger partial charge on any atom is 0.191 e. The van der Waals surface area contributed by atoms with Crippen molar-refractivity contribution in [2.45, 2.75) is 18.9 Å². The smallest absolute Gasteiger partial charge is 0.191 e. The third-order valence-electron chi connectivity index (χ3n) is 4.04. The highest BCUT2D eigenvalue weighted by Gasteiger charge is 2.21. The highest BCUT2D eigenvalue weighted by atomic mass is 16.5. The fourth-order valence-electron chi connectivity index (χ4n) is 2.71. The molecule has 2 N–H and O–H groups in total. The predicted octanol–water partition coefficient (Wildman–Crippen LogP) is 1.05. The minimum Gasteiger partial charge on any atom is -0.493 e. The molecule has 0 saturated heterocycles. The monoisotopic (exact) mass is 314 g/mol. The third kappa shape index (κ3) is 3.61. The summed E-state index contributed by atoms with van der Waals surface area (Å²) in [6, 6.07) is 8.23. The Bertz CT molecular complexity index is 681. The second-order valence-electron chi connectivity index (χ2n) is 5.48. The summed E-state index contributed by atoms with van der Waals surface area (Å²) in [5.41, 5.74) is 1.26. The Morgan fingerprint density at radius 3 is 3.04 bits per heavy atom. The summed E-state index contributed by atoms with van der Waals surface area (Å²) in [4.78, 5) is 8.46. The number of hydrogen-bond acceptors (Lipinski definition) is 4. The van der Waals surface area contributed by atoms with Gasteiger partial charge in [-0.15, -0.1) is 0 Å². The van der Waals surface area contributed by atoms with E-state index in [2.05, 4.69) is 37.8 Å². The summed E-state index contributed by atoms with van der Waals surface area (Å²) in [6.07, 6.45) is 2.55. The van der Waals surface area contributed by atoms with E-state index in [0.29, 0.717) is 12.5 Å². The van der Waals surface area contributed by atoms with Gasteiger partial charge in [0.1, 0.15) is 17.9 Å². The number of fused-ring (bicyclic) bond motifs is 1. The molecule has 0 fully saturated rings. The van der Waals surface area contributed by atoms with Gasteiger partial charge in [0, 0.05) is 26.6 Å². The van der Waals surface area contributed by atoms with Crippen LogP contribution in [0.5, 0.6) is 5.75 Å². The van der Waals surface area contributed by atoms with Crippen molar-refractivity contribution in [1.29, 1.82) is 0 Å². The third-order valence-corrected chi connectivity index (χ3v) is 4.04. The molecule has 0 bridgehead atoms. The number of aromatic nitrogens is 3. The van der Waals surface area contributed by atoms with E-state index in [1.807, 2.05) is 19.2 Å². The lowest BCUT2D eigenvalue weighted by Gasteiger charge is -2.26. The van der Waals surface area contributed by atoms with Crippen molar-refractivity contribution in [2.24, 2.45) is 12.0 Å². The zero-order valence-electron chi connectivity index (χ0n) is 13.5. The molecular weight excluding hydrogens is 292 g/mol. The van der Waals surface area contributed by atoms with E-state index in [1.54, 1.807) is 18.1 Å². The van der Waals surface area contributed by atoms with E-state index in [9.17, 15) is 0 Å². The number of guanidine groups is 1. The summed E-state index contributed by atoms with van der Waals surface area (Å²) in [5.74, 6) is 3.04. The number of para-hydroxylation sites is 1. The summed E-state index contributed by atoms with van der Waals surface area (Å²) < 4.78 is 7.45. The first kappa shape index (κ1) is 15.3. The molecule has 0 radical (unpaired) electrons. The molecule has 7 heteroatoms. The van der Waals surface area contributed by atoms with Crippen molar-refractivity contribution in [1.82, 2.24) is 25.4 Å². The van der Waals surface area contributed by atoms with Gasteiger partial charge >= 0.3 is 0 Å². The Morgan fingerprint density at radius 2 is 2.26 bits per heavy atom. The lowest BCUT2D eigenvalue weighted by Crippen LogP contribution is -2.40. The van der Waals surface area contributed by atoms with Gasteiger partial charge in [0.25, 0.3) is 0 Å². The fourth-order valence-corrected chi connectivity index (χ4v) is 2.71. The van der Waals surface area contributed by atoms with Crippen LogP contribution >= 0.6 is 0 Å². The van der Waals surface area contributed by atoms with Gasteiger partial charge in [-0.1, -0.05) is 18.2 Å². The van der Waals surface area contributed by atoms with Gasteiger partial charge in [-0.05, 0) is 18.1 Å². The lowest BCUT2D eigenvalue weighted by atomic mass is 9.93. The van der Waals surface area contributed by atoms with Crippen LogP contribution in [0, 0.1) is 0 Å². The van der Waals surface area contributed by atoms with Gasteiger partial charge in [-0.2, -0.15) is 5.10 Å². The number of aryl methyl sites for hydroxylation is 1. The normalized spacial score (nSPS) is 17.3. The molecule has 1 unspecified atom stereocenters. The Labute approximate surface area is 135 Å². The summed E-state index contributed by atoms with van der Waals surface area (Å²) in [7, 11) is 3.64.